The second-order valence-electron chi connectivity index (χ2n) is 4.62. The highest BCUT2D eigenvalue weighted by Crippen LogP contribution is 2.45. The molecule has 0 atom stereocenters. The molecule has 11 heteroatoms. The average molecular weight is 359 g/mol. The Morgan fingerprint density at radius 2 is 1.58 bits per heavy atom. The van der Waals surface area contributed by atoms with Crippen LogP contribution in [0.25, 0.3) is 0 Å². The van der Waals surface area contributed by atoms with Crippen molar-refractivity contribution in [3.8, 4) is 0 Å². The molecule has 0 saturated heterocycles. The molecule has 0 aliphatic rings. The van der Waals surface area contributed by atoms with Crippen LogP contribution in [-0.2, 0) is 9.53 Å². The number of carbonyl (C=O) groups excluding carboxylic acids is 2. The first kappa shape index (κ1) is 19.7. The van der Waals surface area contributed by atoms with Crippen molar-refractivity contribution in [2.75, 3.05) is 12.4 Å². The number of rotatable bonds is 4. The van der Waals surface area contributed by atoms with Crippen molar-refractivity contribution in [3.05, 3.63) is 29.8 Å². The number of halogens is 6. The molecule has 0 saturated carbocycles. The van der Waals surface area contributed by atoms with E-state index in [-0.39, 0.29) is 11.3 Å². The van der Waals surface area contributed by atoms with Gasteiger partial charge < -0.3 is 15.2 Å². The minimum atomic E-state index is -6.12. The third kappa shape index (κ3) is 3.96. The van der Waals surface area contributed by atoms with Crippen LogP contribution in [0.5, 0.6) is 0 Å². The van der Waals surface area contributed by atoms with Gasteiger partial charge in [-0.05, 0) is 12.1 Å². The van der Waals surface area contributed by atoms with Gasteiger partial charge in [0.15, 0.2) is 0 Å². The summed E-state index contributed by atoms with van der Waals surface area (Å²) < 4.78 is 79.6. The van der Waals surface area contributed by atoms with Crippen LogP contribution in [0.2, 0.25) is 0 Å². The number of para-hydroxylation sites is 1. The minimum absolute atomic E-state index is 0.282. The summed E-state index contributed by atoms with van der Waals surface area (Å²) in [6, 6.07) is 4.83. The smallest absolute Gasteiger partial charge is 0.426 e. The Kier molecular flexibility index (Phi) is 5.49. The van der Waals surface area contributed by atoms with Crippen LogP contribution >= 0.6 is 0 Å². The summed E-state index contributed by atoms with van der Waals surface area (Å²) in [5.74, 6) is -2.75. The van der Waals surface area contributed by atoms with Crippen LogP contribution < -0.4 is 5.32 Å². The molecule has 0 heterocycles. The molecule has 24 heavy (non-hydrogen) atoms. The van der Waals surface area contributed by atoms with Crippen molar-refractivity contribution in [2.45, 2.75) is 24.4 Å². The average Bonchev–Trinajstić information content (AvgIpc) is 2.44. The lowest BCUT2D eigenvalue weighted by atomic mass is 9.97. The van der Waals surface area contributed by atoms with E-state index in [1.807, 2.05) is 0 Å². The third-order valence-electron chi connectivity index (χ3n) is 2.96. The SMILES string of the molecule is COC(=O)c1ccccc1NC(=O)CC(O)(C(F)(F)F)C(F)(F)F. The number of methoxy groups -OCH3 is 1. The van der Waals surface area contributed by atoms with Gasteiger partial charge in [-0.25, -0.2) is 4.79 Å². The second-order valence-corrected chi connectivity index (χ2v) is 4.62. The first-order valence-electron chi connectivity index (χ1n) is 6.16. The number of anilines is 1. The normalized spacial score (nSPS) is 12.7. The zero-order valence-corrected chi connectivity index (χ0v) is 12.0. The summed E-state index contributed by atoms with van der Waals surface area (Å²) in [5, 5.41) is 10.7. The van der Waals surface area contributed by atoms with Crippen LogP contribution in [0.4, 0.5) is 32.0 Å². The quantitative estimate of drug-likeness (QED) is 0.640. The lowest BCUT2D eigenvalue weighted by molar-refractivity contribution is -0.366. The Labute approximate surface area is 131 Å². The molecule has 1 rings (SSSR count). The number of nitrogens with one attached hydrogen (secondary N) is 1. The van der Waals surface area contributed by atoms with Crippen molar-refractivity contribution in [1.29, 1.82) is 0 Å². The molecule has 0 radical (unpaired) electrons. The first-order valence-corrected chi connectivity index (χ1v) is 6.16. The van der Waals surface area contributed by atoms with Gasteiger partial charge in [0.05, 0.1) is 24.8 Å². The standard InChI is InChI=1S/C13H11F6NO4/c1-24-10(22)7-4-2-3-5-8(7)20-9(21)6-11(23,12(14,15)16)13(17,18)19/h2-5,23H,6H2,1H3,(H,20,21). The molecule has 1 aromatic rings. The Hall–Kier alpha value is -2.30. The van der Waals surface area contributed by atoms with Gasteiger partial charge in [-0.3, -0.25) is 4.79 Å². The largest absolute Gasteiger partial charge is 0.465 e. The van der Waals surface area contributed by atoms with E-state index in [0.29, 0.717) is 0 Å². The summed E-state index contributed by atoms with van der Waals surface area (Å²) in [5.41, 5.74) is -5.86. The van der Waals surface area contributed by atoms with Crippen molar-refractivity contribution >= 4 is 17.6 Å². The molecule has 2 N–H and O–H groups in total. The molecule has 0 bridgehead atoms. The number of carbonyl (C=O) groups is 2. The van der Waals surface area contributed by atoms with Crippen LogP contribution in [0.15, 0.2) is 24.3 Å². The van der Waals surface area contributed by atoms with E-state index >= 15 is 0 Å². The number of ether oxygens (including phenoxy) is 1. The summed E-state index contributed by atoms with van der Waals surface area (Å²) >= 11 is 0. The predicted molar refractivity (Wildman–Crippen MR) is 68.1 cm³/mol. The number of hydrogen-bond donors (Lipinski definition) is 2. The number of esters is 1. The van der Waals surface area contributed by atoms with Gasteiger partial charge >= 0.3 is 18.3 Å². The van der Waals surface area contributed by atoms with Crippen LogP contribution in [0.3, 0.4) is 0 Å². The summed E-state index contributed by atoms with van der Waals surface area (Å²) in [6.45, 7) is 0. The Balaban J connectivity index is 3.07. The minimum Gasteiger partial charge on any atom is -0.465 e. The van der Waals surface area contributed by atoms with Crippen molar-refractivity contribution in [3.63, 3.8) is 0 Å². The maximum atomic E-state index is 12.5. The molecule has 0 fully saturated rings. The van der Waals surface area contributed by atoms with E-state index in [1.54, 1.807) is 5.32 Å². The van der Waals surface area contributed by atoms with Crippen LogP contribution in [0, 0.1) is 0 Å². The van der Waals surface area contributed by atoms with E-state index in [4.69, 9.17) is 5.11 Å². The topological polar surface area (TPSA) is 75.6 Å². The molecule has 0 aliphatic carbocycles. The van der Waals surface area contributed by atoms with Crippen molar-refractivity contribution < 1.29 is 45.8 Å². The number of aliphatic hydroxyl groups is 1. The van der Waals surface area contributed by atoms with Gasteiger partial charge in [-0.15, -0.1) is 0 Å². The first-order chi connectivity index (χ1) is 10.8. The summed E-state index contributed by atoms with van der Waals surface area (Å²) in [7, 11) is 0.993. The monoisotopic (exact) mass is 359 g/mol. The van der Waals surface area contributed by atoms with E-state index in [9.17, 15) is 35.9 Å². The lowest BCUT2D eigenvalue weighted by Crippen LogP contribution is -2.58. The van der Waals surface area contributed by atoms with Crippen LogP contribution in [-0.4, -0.2) is 42.0 Å². The maximum absolute atomic E-state index is 12.5. The zero-order valence-electron chi connectivity index (χ0n) is 12.0. The summed E-state index contributed by atoms with van der Waals surface area (Å²) in [6.07, 6.45) is -14.6. The molecule has 0 spiro atoms. The fraction of sp³-hybridized carbons (Fsp3) is 0.385. The molecular weight excluding hydrogens is 348 g/mol. The lowest BCUT2D eigenvalue weighted by Gasteiger charge is -2.31. The Morgan fingerprint density at radius 1 is 1.08 bits per heavy atom. The number of alkyl halides is 6. The molecule has 1 aromatic carbocycles. The second kappa shape index (κ2) is 6.67. The van der Waals surface area contributed by atoms with Crippen molar-refractivity contribution in [2.24, 2.45) is 0 Å². The molecule has 0 aromatic heterocycles. The van der Waals surface area contributed by atoms with Gasteiger partial charge in [0.1, 0.15) is 0 Å². The Bertz CT molecular complexity index is 612. The molecule has 1 amide bonds. The van der Waals surface area contributed by atoms with Gasteiger partial charge in [0.2, 0.25) is 5.91 Å². The van der Waals surface area contributed by atoms with E-state index < -0.39 is 36.3 Å². The van der Waals surface area contributed by atoms with Crippen LogP contribution in [0.1, 0.15) is 16.8 Å². The highest BCUT2D eigenvalue weighted by Gasteiger charge is 2.71. The number of hydrogen-bond acceptors (Lipinski definition) is 4. The molecule has 134 valence electrons. The van der Waals surface area contributed by atoms with Crippen molar-refractivity contribution in [1.82, 2.24) is 0 Å². The maximum Gasteiger partial charge on any atom is 0.426 e. The Morgan fingerprint density at radius 3 is 2.04 bits per heavy atom. The predicted octanol–water partition coefficient (Wildman–Crippen LogP) is 2.66. The zero-order chi connectivity index (χ0) is 18.8. The van der Waals surface area contributed by atoms with E-state index in [2.05, 4.69) is 4.74 Å². The van der Waals surface area contributed by atoms with Gasteiger partial charge in [-0.1, -0.05) is 12.1 Å². The van der Waals surface area contributed by atoms with E-state index in [0.717, 1.165) is 19.2 Å². The fourth-order valence-electron chi connectivity index (χ4n) is 1.67. The van der Waals surface area contributed by atoms with Gasteiger partial charge in [0, 0.05) is 0 Å². The summed E-state index contributed by atoms with van der Waals surface area (Å²) in [4.78, 5) is 23.0. The fourth-order valence-corrected chi connectivity index (χ4v) is 1.67. The highest BCUT2D eigenvalue weighted by atomic mass is 19.4. The third-order valence-corrected chi connectivity index (χ3v) is 2.96. The van der Waals surface area contributed by atoms with Gasteiger partial charge in [0.25, 0.3) is 5.60 Å². The highest BCUT2D eigenvalue weighted by molar-refractivity contribution is 6.01. The molecule has 5 nitrogen and oxygen atoms in total. The number of benzene rings is 1. The number of amides is 1. The molecule has 0 aliphatic heterocycles. The van der Waals surface area contributed by atoms with Gasteiger partial charge in [-0.2, -0.15) is 26.3 Å². The molecule has 0 unspecified atom stereocenters. The van der Waals surface area contributed by atoms with E-state index in [1.165, 1.54) is 12.1 Å². The molecular formula is C13H11F6NO4.